The van der Waals surface area contributed by atoms with Crippen molar-refractivity contribution >= 4 is 5.78 Å². The number of hydrogen-bond acceptors (Lipinski definition) is 1. The molecule has 0 aliphatic heterocycles. The van der Waals surface area contributed by atoms with Crippen LogP contribution < -0.4 is 0 Å². The molecule has 1 aliphatic rings. The molecule has 0 fully saturated rings. The number of hydrogen-bond donors (Lipinski definition) is 0. The zero-order valence-electron chi connectivity index (χ0n) is 8.05. The summed E-state index contributed by atoms with van der Waals surface area (Å²) in [5.41, 5.74) is 0. The van der Waals surface area contributed by atoms with Gasteiger partial charge in [0.15, 0.2) is 0 Å². The van der Waals surface area contributed by atoms with E-state index in [0.29, 0.717) is 17.6 Å². The largest absolute Gasteiger partial charge is 0.300 e. The zero-order chi connectivity index (χ0) is 8.97. The summed E-state index contributed by atoms with van der Waals surface area (Å²) in [5.74, 6) is 1.53. The van der Waals surface area contributed by atoms with Gasteiger partial charge in [-0.05, 0) is 38.0 Å². The molecule has 0 amide bonds. The van der Waals surface area contributed by atoms with Crippen LogP contribution in [0.2, 0.25) is 0 Å². The molecule has 0 radical (unpaired) electrons. The van der Waals surface area contributed by atoms with Gasteiger partial charge in [-0.3, -0.25) is 0 Å². The minimum absolute atomic E-state index is 0.335. The lowest BCUT2D eigenvalue weighted by Gasteiger charge is -2.17. The van der Waals surface area contributed by atoms with Crippen molar-refractivity contribution in [3.63, 3.8) is 0 Å². The van der Waals surface area contributed by atoms with Gasteiger partial charge in [0.1, 0.15) is 5.78 Å². The molecule has 0 aromatic rings. The van der Waals surface area contributed by atoms with Crippen molar-refractivity contribution in [3.05, 3.63) is 12.2 Å². The summed E-state index contributed by atoms with van der Waals surface area (Å²) in [6.45, 7) is 3.91. The smallest absolute Gasteiger partial charge is 0.130 e. The summed E-state index contributed by atoms with van der Waals surface area (Å²) in [4.78, 5) is 10.9. The van der Waals surface area contributed by atoms with Crippen LogP contribution in [-0.2, 0) is 4.79 Å². The van der Waals surface area contributed by atoms with Crippen LogP contribution in [0, 0.1) is 11.8 Å². The Bertz CT molecular complexity index is 181. The second-order valence-electron chi connectivity index (χ2n) is 3.88. The lowest BCUT2D eigenvalue weighted by molar-refractivity contribution is -0.118. The van der Waals surface area contributed by atoms with E-state index in [0.717, 1.165) is 6.42 Å². The van der Waals surface area contributed by atoms with E-state index in [2.05, 4.69) is 19.1 Å². The van der Waals surface area contributed by atoms with E-state index in [1.165, 1.54) is 19.3 Å². The van der Waals surface area contributed by atoms with Gasteiger partial charge in [-0.1, -0.05) is 19.1 Å². The molecule has 68 valence electrons. The maximum absolute atomic E-state index is 10.9. The van der Waals surface area contributed by atoms with Crippen LogP contribution in [0.1, 0.15) is 39.5 Å². The van der Waals surface area contributed by atoms with Gasteiger partial charge in [-0.25, -0.2) is 0 Å². The van der Waals surface area contributed by atoms with E-state index < -0.39 is 0 Å². The van der Waals surface area contributed by atoms with Crippen molar-refractivity contribution < 1.29 is 4.79 Å². The summed E-state index contributed by atoms with van der Waals surface area (Å²) in [5, 5.41) is 0. The lowest BCUT2D eigenvalue weighted by Crippen LogP contribution is -2.12. The Morgan fingerprint density at radius 3 is 3.00 bits per heavy atom. The third kappa shape index (κ3) is 2.80. The van der Waals surface area contributed by atoms with Gasteiger partial charge in [-0.15, -0.1) is 0 Å². The van der Waals surface area contributed by atoms with Crippen molar-refractivity contribution in [2.75, 3.05) is 0 Å². The molecule has 0 saturated carbocycles. The molecular formula is C11H18O. The Balaban J connectivity index is 2.49. The molecule has 1 rings (SSSR count). The van der Waals surface area contributed by atoms with E-state index in [4.69, 9.17) is 0 Å². The van der Waals surface area contributed by atoms with Crippen LogP contribution in [0.3, 0.4) is 0 Å². The van der Waals surface area contributed by atoms with Crippen molar-refractivity contribution in [1.29, 1.82) is 0 Å². The van der Waals surface area contributed by atoms with E-state index >= 15 is 0 Å². The third-order valence-corrected chi connectivity index (χ3v) is 2.68. The molecule has 0 spiro atoms. The highest BCUT2D eigenvalue weighted by atomic mass is 16.1. The Kier molecular flexibility index (Phi) is 3.51. The molecular weight excluding hydrogens is 148 g/mol. The molecule has 0 bridgehead atoms. The first-order valence-corrected chi connectivity index (χ1v) is 4.86. The van der Waals surface area contributed by atoms with E-state index in [1.54, 1.807) is 6.92 Å². The topological polar surface area (TPSA) is 17.1 Å². The number of Topliss-reactive ketones (excluding diaryl/α,β-unsaturated/α-hetero) is 1. The van der Waals surface area contributed by atoms with E-state index in [-0.39, 0.29) is 0 Å². The van der Waals surface area contributed by atoms with Gasteiger partial charge in [0, 0.05) is 6.42 Å². The van der Waals surface area contributed by atoms with E-state index in [1.807, 2.05) is 0 Å². The van der Waals surface area contributed by atoms with Crippen molar-refractivity contribution in [2.45, 2.75) is 39.5 Å². The van der Waals surface area contributed by atoms with Crippen LogP contribution in [0.25, 0.3) is 0 Å². The maximum Gasteiger partial charge on any atom is 0.130 e. The molecule has 0 saturated heterocycles. The summed E-state index contributed by atoms with van der Waals surface area (Å²) < 4.78 is 0. The molecule has 0 N–H and O–H groups in total. The van der Waals surface area contributed by atoms with Crippen LogP contribution in [0.4, 0.5) is 0 Å². The fraction of sp³-hybridized carbons (Fsp3) is 0.727. The minimum atomic E-state index is 0.335. The highest BCUT2D eigenvalue weighted by Crippen LogP contribution is 2.26. The Labute approximate surface area is 74.9 Å². The van der Waals surface area contributed by atoms with Gasteiger partial charge in [0.25, 0.3) is 0 Å². The molecule has 2 atom stereocenters. The molecule has 1 nitrogen and oxygen atoms in total. The highest BCUT2D eigenvalue weighted by Gasteiger charge is 2.17. The SMILES string of the molecule is CC(=O)CC1CCCC=CC1C. The fourth-order valence-electron chi connectivity index (χ4n) is 1.89. The normalized spacial score (nSPS) is 29.8. The summed E-state index contributed by atoms with van der Waals surface area (Å²) in [7, 11) is 0. The standard InChI is InChI=1S/C11H18O/c1-9-6-4-3-5-7-11(9)8-10(2)12/h4,6,9,11H,3,5,7-8H2,1-2H3. The molecule has 0 heterocycles. The van der Waals surface area contributed by atoms with Crippen molar-refractivity contribution in [1.82, 2.24) is 0 Å². The molecule has 1 aliphatic carbocycles. The van der Waals surface area contributed by atoms with Gasteiger partial charge < -0.3 is 4.79 Å². The average Bonchev–Trinajstić information content (AvgIpc) is 2.16. The number of ketones is 1. The first kappa shape index (κ1) is 9.50. The third-order valence-electron chi connectivity index (χ3n) is 2.68. The van der Waals surface area contributed by atoms with Gasteiger partial charge in [0.2, 0.25) is 0 Å². The highest BCUT2D eigenvalue weighted by molar-refractivity contribution is 5.75. The van der Waals surface area contributed by atoms with Crippen LogP contribution in [-0.4, -0.2) is 5.78 Å². The molecule has 1 heteroatoms. The second kappa shape index (κ2) is 4.44. The first-order chi connectivity index (χ1) is 5.70. The number of rotatable bonds is 2. The van der Waals surface area contributed by atoms with Crippen LogP contribution >= 0.6 is 0 Å². The number of carbonyl (C=O) groups excluding carboxylic acids is 1. The number of allylic oxidation sites excluding steroid dienone is 2. The Hall–Kier alpha value is -0.590. The van der Waals surface area contributed by atoms with E-state index in [9.17, 15) is 4.79 Å². The average molecular weight is 166 g/mol. The fourth-order valence-corrected chi connectivity index (χ4v) is 1.89. The van der Waals surface area contributed by atoms with Crippen LogP contribution in [0.5, 0.6) is 0 Å². The summed E-state index contributed by atoms with van der Waals surface area (Å²) >= 11 is 0. The van der Waals surface area contributed by atoms with Crippen molar-refractivity contribution in [2.24, 2.45) is 11.8 Å². The predicted octanol–water partition coefficient (Wildman–Crippen LogP) is 2.96. The molecule has 12 heavy (non-hydrogen) atoms. The molecule has 0 aromatic carbocycles. The molecule has 0 aromatic heterocycles. The monoisotopic (exact) mass is 166 g/mol. The predicted molar refractivity (Wildman–Crippen MR) is 50.9 cm³/mol. The zero-order valence-corrected chi connectivity index (χ0v) is 8.05. The van der Waals surface area contributed by atoms with Crippen LogP contribution in [0.15, 0.2) is 12.2 Å². The Morgan fingerprint density at radius 1 is 1.58 bits per heavy atom. The quantitative estimate of drug-likeness (QED) is 0.576. The second-order valence-corrected chi connectivity index (χ2v) is 3.88. The first-order valence-electron chi connectivity index (χ1n) is 4.86. The lowest BCUT2D eigenvalue weighted by atomic mass is 9.87. The number of carbonyl (C=O) groups is 1. The summed E-state index contributed by atoms with van der Waals surface area (Å²) in [6.07, 6.45) is 8.95. The van der Waals surface area contributed by atoms with Gasteiger partial charge in [-0.2, -0.15) is 0 Å². The Morgan fingerprint density at radius 2 is 2.33 bits per heavy atom. The minimum Gasteiger partial charge on any atom is -0.300 e. The molecule has 2 unspecified atom stereocenters. The van der Waals surface area contributed by atoms with Gasteiger partial charge >= 0.3 is 0 Å². The van der Waals surface area contributed by atoms with Gasteiger partial charge in [0.05, 0.1) is 0 Å². The van der Waals surface area contributed by atoms with Crippen molar-refractivity contribution in [3.8, 4) is 0 Å². The summed E-state index contributed by atoms with van der Waals surface area (Å²) in [6, 6.07) is 0. The maximum atomic E-state index is 10.9.